The van der Waals surface area contributed by atoms with Crippen LogP contribution in [0.15, 0.2) is 36.4 Å². The van der Waals surface area contributed by atoms with Gasteiger partial charge in [-0.2, -0.15) is 0 Å². The van der Waals surface area contributed by atoms with Crippen LogP contribution in [0.5, 0.6) is 0 Å². The van der Waals surface area contributed by atoms with Gasteiger partial charge in [-0.15, -0.1) is 11.3 Å². The predicted molar refractivity (Wildman–Crippen MR) is 90.1 cm³/mol. The molecule has 114 valence electrons. The molecule has 22 heavy (non-hydrogen) atoms. The highest BCUT2D eigenvalue weighted by Gasteiger charge is 2.12. The number of anilines is 1. The summed E-state index contributed by atoms with van der Waals surface area (Å²) in [5.74, 6) is -0.00244. The average molecular weight is 335 g/mol. The zero-order valence-electron chi connectivity index (χ0n) is 11.8. The van der Waals surface area contributed by atoms with Gasteiger partial charge in [-0.25, -0.2) is 4.85 Å². The van der Waals surface area contributed by atoms with Crippen molar-refractivity contribution in [1.82, 2.24) is 0 Å². The molecule has 1 aromatic carbocycles. The molecular formula is C16H15ClN2O2S. The van der Waals surface area contributed by atoms with Gasteiger partial charge in [0.2, 0.25) is 0 Å². The van der Waals surface area contributed by atoms with Crippen molar-refractivity contribution in [3.63, 3.8) is 0 Å². The number of benzene rings is 1. The number of rotatable bonds is 7. The van der Waals surface area contributed by atoms with Crippen molar-refractivity contribution < 1.29 is 9.90 Å². The minimum atomic E-state index is -0.611. The maximum Gasteiger partial charge on any atom is 0.187 e. The van der Waals surface area contributed by atoms with E-state index < -0.39 is 6.10 Å². The Morgan fingerprint density at radius 2 is 2.05 bits per heavy atom. The SMILES string of the molecule is [C-]#[N+]c1ccc(NC[C@@H](O)CCC(=O)c2ccc(Cl)s2)cc1. The number of ketones is 1. The minimum Gasteiger partial charge on any atom is -0.391 e. The summed E-state index contributed by atoms with van der Waals surface area (Å²) in [6, 6.07) is 10.4. The summed E-state index contributed by atoms with van der Waals surface area (Å²) >= 11 is 7.05. The van der Waals surface area contributed by atoms with E-state index >= 15 is 0 Å². The molecule has 1 aromatic heterocycles. The topological polar surface area (TPSA) is 53.7 Å². The standard InChI is InChI=1S/C16H15ClN2O2S/c1-18-11-2-4-12(5-3-11)19-10-13(20)6-7-14(21)15-8-9-16(17)22-15/h2-5,8-9,13,19-20H,6-7,10H2/t13-/m0/s1. The second-order valence-corrected chi connectivity index (χ2v) is 6.47. The molecule has 0 fully saturated rings. The number of hydrogen-bond donors (Lipinski definition) is 2. The number of aliphatic hydroxyl groups is 1. The Hall–Kier alpha value is -1.87. The number of nitrogens with zero attached hydrogens (tertiary/aromatic N) is 1. The summed E-state index contributed by atoms with van der Waals surface area (Å²) in [6.45, 7) is 7.23. The van der Waals surface area contributed by atoms with Crippen LogP contribution >= 0.6 is 22.9 Å². The van der Waals surface area contributed by atoms with Crippen LogP contribution < -0.4 is 5.32 Å². The predicted octanol–water partition coefficient (Wildman–Crippen LogP) is 4.39. The fourth-order valence-electron chi connectivity index (χ4n) is 1.88. The summed E-state index contributed by atoms with van der Waals surface area (Å²) in [7, 11) is 0. The Labute approximate surface area is 138 Å². The third-order valence-electron chi connectivity index (χ3n) is 3.09. The highest BCUT2D eigenvalue weighted by molar-refractivity contribution is 7.18. The summed E-state index contributed by atoms with van der Waals surface area (Å²) in [4.78, 5) is 15.8. The number of thiophene rings is 1. The van der Waals surface area contributed by atoms with Crippen molar-refractivity contribution in [2.24, 2.45) is 0 Å². The van der Waals surface area contributed by atoms with Gasteiger partial charge in [0.25, 0.3) is 0 Å². The van der Waals surface area contributed by atoms with Crippen molar-refractivity contribution in [2.45, 2.75) is 18.9 Å². The van der Waals surface area contributed by atoms with Gasteiger partial charge in [0, 0.05) is 18.7 Å². The Kier molecular flexibility index (Phi) is 5.96. The smallest absolute Gasteiger partial charge is 0.187 e. The molecule has 0 aliphatic rings. The molecule has 1 heterocycles. The first-order valence-electron chi connectivity index (χ1n) is 6.76. The molecule has 0 saturated carbocycles. The normalized spacial score (nSPS) is 11.7. The van der Waals surface area contributed by atoms with Crippen LogP contribution in [-0.2, 0) is 0 Å². The number of hydrogen-bond acceptors (Lipinski definition) is 4. The summed E-state index contributed by atoms with van der Waals surface area (Å²) < 4.78 is 0.591. The molecule has 2 aromatic rings. The number of nitrogens with one attached hydrogen (secondary N) is 1. The molecule has 1 atom stereocenters. The summed E-state index contributed by atoms with van der Waals surface area (Å²) in [6.07, 6.45) is 0.0672. The molecule has 0 aliphatic carbocycles. The lowest BCUT2D eigenvalue weighted by Crippen LogP contribution is -2.20. The van der Waals surface area contributed by atoms with Crippen molar-refractivity contribution in [1.29, 1.82) is 0 Å². The highest BCUT2D eigenvalue weighted by Crippen LogP contribution is 2.23. The second-order valence-electron chi connectivity index (χ2n) is 4.76. The van der Waals surface area contributed by atoms with Crippen LogP contribution in [0.3, 0.4) is 0 Å². The second kappa shape index (κ2) is 7.95. The van der Waals surface area contributed by atoms with E-state index in [1.165, 1.54) is 11.3 Å². The molecule has 0 amide bonds. The number of aliphatic hydroxyl groups excluding tert-OH is 1. The summed E-state index contributed by atoms with van der Waals surface area (Å²) in [5, 5.41) is 13.0. The van der Waals surface area contributed by atoms with E-state index in [9.17, 15) is 9.90 Å². The lowest BCUT2D eigenvalue weighted by Gasteiger charge is -2.12. The van der Waals surface area contributed by atoms with Gasteiger partial charge in [0.05, 0.1) is 21.9 Å². The fourth-order valence-corrected chi connectivity index (χ4v) is 2.89. The van der Waals surface area contributed by atoms with Crippen LogP contribution in [0.2, 0.25) is 4.34 Å². The van der Waals surface area contributed by atoms with Crippen molar-refractivity contribution in [3.8, 4) is 0 Å². The van der Waals surface area contributed by atoms with E-state index in [0.717, 1.165) is 5.69 Å². The number of carbonyl (C=O) groups excluding carboxylic acids is 1. The third kappa shape index (κ3) is 4.85. The van der Waals surface area contributed by atoms with Crippen LogP contribution in [0.1, 0.15) is 22.5 Å². The molecule has 2 N–H and O–H groups in total. The van der Waals surface area contributed by atoms with Gasteiger partial charge in [0.1, 0.15) is 0 Å². The first-order chi connectivity index (χ1) is 10.6. The van der Waals surface area contributed by atoms with Crippen molar-refractivity contribution in [3.05, 3.63) is 57.0 Å². The van der Waals surface area contributed by atoms with Gasteiger partial charge in [-0.1, -0.05) is 23.7 Å². The monoisotopic (exact) mass is 334 g/mol. The van der Waals surface area contributed by atoms with Crippen molar-refractivity contribution in [2.75, 3.05) is 11.9 Å². The van der Waals surface area contributed by atoms with Gasteiger partial charge in [-0.05, 0) is 30.7 Å². The molecule has 2 rings (SSSR count). The zero-order valence-corrected chi connectivity index (χ0v) is 13.3. The maximum absolute atomic E-state index is 11.9. The van der Waals surface area contributed by atoms with Gasteiger partial charge >= 0.3 is 0 Å². The molecule has 0 radical (unpaired) electrons. The summed E-state index contributed by atoms with van der Waals surface area (Å²) in [5.41, 5.74) is 1.41. The van der Waals surface area contributed by atoms with Crippen molar-refractivity contribution >= 4 is 40.1 Å². The average Bonchev–Trinajstić information content (AvgIpc) is 2.97. The van der Waals surface area contributed by atoms with Crippen LogP contribution in [0, 0.1) is 6.57 Å². The molecule has 0 aliphatic heterocycles. The number of Topliss-reactive ketones (excluding diaryl/α,β-unsaturated/α-hetero) is 1. The Balaban J connectivity index is 1.74. The minimum absolute atomic E-state index is 0.00244. The van der Waals surface area contributed by atoms with E-state index in [1.54, 1.807) is 36.4 Å². The van der Waals surface area contributed by atoms with Crippen LogP contribution in [0.4, 0.5) is 11.4 Å². The lowest BCUT2D eigenvalue weighted by molar-refractivity contribution is 0.0950. The molecule has 0 unspecified atom stereocenters. The molecule has 0 saturated heterocycles. The largest absolute Gasteiger partial charge is 0.391 e. The molecular weight excluding hydrogens is 320 g/mol. The van der Waals surface area contributed by atoms with E-state index in [-0.39, 0.29) is 12.2 Å². The third-order valence-corrected chi connectivity index (χ3v) is 4.36. The first kappa shape index (κ1) is 16.5. The fraction of sp³-hybridized carbons (Fsp3) is 0.250. The van der Waals surface area contributed by atoms with E-state index in [1.807, 2.05) is 0 Å². The maximum atomic E-state index is 11.9. The van der Waals surface area contributed by atoms with E-state index in [4.69, 9.17) is 18.2 Å². The molecule has 0 spiro atoms. The van der Waals surface area contributed by atoms with E-state index in [0.29, 0.717) is 27.9 Å². The number of halogens is 1. The molecule has 4 nitrogen and oxygen atoms in total. The lowest BCUT2D eigenvalue weighted by atomic mass is 10.1. The molecule has 0 bridgehead atoms. The van der Waals surface area contributed by atoms with Gasteiger partial charge in [-0.3, -0.25) is 4.79 Å². The Bertz CT molecular complexity index is 676. The van der Waals surface area contributed by atoms with Gasteiger partial charge in [0.15, 0.2) is 11.5 Å². The Morgan fingerprint density at radius 3 is 2.64 bits per heavy atom. The zero-order chi connectivity index (χ0) is 15.9. The quantitative estimate of drug-likeness (QED) is 0.583. The van der Waals surface area contributed by atoms with Crippen LogP contribution in [-0.4, -0.2) is 23.5 Å². The Morgan fingerprint density at radius 1 is 1.32 bits per heavy atom. The first-order valence-corrected chi connectivity index (χ1v) is 7.96. The highest BCUT2D eigenvalue weighted by atomic mass is 35.5. The van der Waals surface area contributed by atoms with Gasteiger partial charge < -0.3 is 10.4 Å². The van der Waals surface area contributed by atoms with Crippen LogP contribution in [0.25, 0.3) is 4.85 Å². The molecule has 6 heteroatoms. The van der Waals surface area contributed by atoms with E-state index in [2.05, 4.69) is 10.2 Å². The number of carbonyl (C=O) groups is 1.